The highest BCUT2D eigenvalue weighted by molar-refractivity contribution is 5.82. The van der Waals surface area contributed by atoms with E-state index in [4.69, 9.17) is 5.73 Å². The lowest BCUT2D eigenvalue weighted by molar-refractivity contribution is 0.888. The van der Waals surface area contributed by atoms with Crippen LogP contribution in [0.5, 0.6) is 0 Å². The molecule has 3 N–H and O–H groups in total. The van der Waals surface area contributed by atoms with Crippen LogP contribution in [0.3, 0.4) is 0 Å². The van der Waals surface area contributed by atoms with Crippen LogP contribution in [0.2, 0.25) is 0 Å². The molecule has 0 saturated heterocycles. The van der Waals surface area contributed by atoms with E-state index in [1.54, 1.807) is 41.2 Å². The minimum absolute atomic E-state index is 0.204. The Morgan fingerprint density at radius 3 is 2.72 bits per heavy atom. The SMILES string of the molecule is N#Cc1cccc(-c2nc(N)c3nc(Cc4ccccn4)nn3c2-c2ccc(=O)[nH]c2)c1. The molecule has 4 aromatic heterocycles. The lowest BCUT2D eigenvalue weighted by Crippen LogP contribution is -2.07. The van der Waals surface area contributed by atoms with Crippen LogP contribution in [0, 0.1) is 11.3 Å². The van der Waals surface area contributed by atoms with Gasteiger partial charge in [-0.05, 0) is 30.3 Å². The molecule has 0 aliphatic carbocycles. The number of rotatable bonds is 4. The molecular formula is C23H16N8O. The van der Waals surface area contributed by atoms with Gasteiger partial charge in [0.15, 0.2) is 17.3 Å². The molecule has 1 aromatic carbocycles. The Balaban J connectivity index is 1.77. The van der Waals surface area contributed by atoms with Gasteiger partial charge in [-0.2, -0.15) is 10.4 Å². The van der Waals surface area contributed by atoms with Crippen molar-refractivity contribution in [2.45, 2.75) is 6.42 Å². The van der Waals surface area contributed by atoms with Gasteiger partial charge in [-0.1, -0.05) is 18.2 Å². The number of anilines is 1. The number of aromatic amines is 1. The highest BCUT2D eigenvalue weighted by atomic mass is 16.1. The summed E-state index contributed by atoms with van der Waals surface area (Å²) in [5.74, 6) is 0.737. The fraction of sp³-hybridized carbons (Fsp3) is 0.0435. The van der Waals surface area contributed by atoms with Crippen molar-refractivity contribution < 1.29 is 0 Å². The van der Waals surface area contributed by atoms with E-state index in [1.165, 1.54) is 6.07 Å². The third-order valence-corrected chi connectivity index (χ3v) is 4.94. The second-order valence-corrected chi connectivity index (χ2v) is 7.09. The predicted octanol–water partition coefficient (Wildman–Crippen LogP) is 2.59. The first-order valence-electron chi connectivity index (χ1n) is 9.77. The smallest absolute Gasteiger partial charge is 0.247 e. The van der Waals surface area contributed by atoms with Gasteiger partial charge in [0.25, 0.3) is 0 Å². The summed E-state index contributed by atoms with van der Waals surface area (Å²) in [6.45, 7) is 0. The standard InChI is InChI=1S/C23H16N8O/c24-12-14-4-3-5-15(10-14)20-21(16-7-8-19(32)27-13-16)31-23(22(25)29-20)28-18(30-31)11-17-6-1-2-9-26-17/h1-10,13H,11H2,(H2,25,29)(H,27,32). The monoisotopic (exact) mass is 420 g/mol. The summed E-state index contributed by atoms with van der Waals surface area (Å²) in [5, 5.41) is 14.0. The summed E-state index contributed by atoms with van der Waals surface area (Å²) in [4.78, 5) is 27.9. The van der Waals surface area contributed by atoms with E-state index in [1.807, 2.05) is 24.3 Å². The van der Waals surface area contributed by atoms with Crippen LogP contribution >= 0.6 is 0 Å². The number of nitrogens with two attached hydrogens (primary N) is 1. The number of H-pyrrole nitrogens is 1. The quantitative estimate of drug-likeness (QED) is 0.455. The maximum atomic E-state index is 11.6. The Morgan fingerprint density at radius 2 is 1.97 bits per heavy atom. The molecule has 9 nitrogen and oxygen atoms in total. The summed E-state index contributed by atoms with van der Waals surface area (Å²) in [5.41, 5.74) is 10.2. The molecule has 32 heavy (non-hydrogen) atoms. The molecule has 0 amide bonds. The molecular weight excluding hydrogens is 404 g/mol. The Hall–Kier alpha value is -4.84. The van der Waals surface area contributed by atoms with Gasteiger partial charge in [-0.3, -0.25) is 9.78 Å². The Labute approximate surface area is 181 Å². The van der Waals surface area contributed by atoms with Crippen LogP contribution in [0.25, 0.3) is 28.2 Å². The van der Waals surface area contributed by atoms with Gasteiger partial charge < -0.3 is 10.7 Å². The Morgan fingerprint density at radius 1 is 1.06 bits per heavy atom. The van der Waals surface area contributed by atoms with Crippen molar-refractivity contribution >= 4 is 11.5 Å². The second kappa shape index (κ2) is 7.77. The zero-order valence-electron chi connectivity index (χ0n) is 16.7. The average molecular weight is 420 g/mol. The minimum Gasteiger partial charge on any atom is -0.381 e. The van der Waals surface area contributed by atoms with Crippen molar-refractivity contribution in [2.24, 2.45) is 0 Å². The number of nitrogen functional groups attached to an aromatic ring is 1. The van der Waals surface area contributed by atoms with Gasteiger partial charge in [0, 0.05) is 35.3 Å². The minimum atomic E-state index is -0.226. The predicted molar refractivity (Wildman–Crippen MR) is 118 cm³/mol. The van der Waals surface area contributed by atoms with Gasteiger partial charge >= 0.3 is 0 Å². The van der Waals surface area contributed by atoms with Gasteiger partial charge in [-0.15, -0.1) is 0 Å². The summed E-state index contributed by atoms with van der Waals surface area (Å²) in [6, 6.07) is 18.0. The largest absolute Gasteiger partial charge is 0.381 e. The number of hydrogen-bond acceptors (Lipinski definition) is 7. The Kier molecular flexibility index (Phi) is 4.65. The van der Waals surface area contributed by atoms with Gasteiger partial charge in [-0.25, -0.2) is 14.5 Å². The molecule has 5 aromatic rings. The number of fused-ring (bicyclic) bond motifs is 1. The molecule has 0 atom stereocenters. The van der Waals surface area contributed by atoms with Crippen LogP contribution in [-0.2, 0) is 6.42 Å². The molecule has 0 radical (unpaired) electrons. The number of nitrogens with one attached hydrogen (secondary N) is 1. The van der Waals surface area contributed by atoms with Crippen molar-refractivity contribution in [1.29, 1.82) is 5.26 Å². The van der Waals surface area contributed by atoms with E-state index < -0.39 is 0 Å². The second-order valence-electron chi connectivity index (χ2n) is 7.09. The van der Waals surface area contributed by atoms with Crippen molar-refractivity contribution in [3.8, 4) is 28.6 Å². The number of nitriles is 1. The highest BCUT2D eigenvalue weighted by Gasteiger charge is 2.20. The van der Waals surface area contributed by atoms with Crippen LogP contribution in [0.15, 0.2) is 71.8 Å². The molecule has 0 aliphatic heterocycles. The number of pyridine rings is 2. The van der Waals surface area contributed by atoms with Gasteiger partial charge in [0.05, 0.1) is 23.7 Å². The zero-order chi connectivity index (χ0) is 22.1. The summed E-state index contributed by atoms with van der Waals surface area (Å²) < 4.78 is 1.63. The Bertz CT molecular complexity index is 1530. The number of hydrogen-bond donors (Lipinski definition) is 2. The first-order chi connectivity index (χ1) is 15.6. The third-order valence-electron chi connectivity index (χ3n) is 4.94. The summed E-state index contributed by atoms with van der Waals surface area (Å²) in [7, 11) is 0. The average Bonchev–Trinajstić information content (AvgIpc) is 3.24. The van der Waals surface area contributed by atoms with Crippen molar-refractivity contribution in [2.75, 3.05) is 5.73 Å². The summed E-state index contributed by atoms with van der Waals surface area (Å²) >= 11 is 0. The topological polar surface area (TPSA) is 139 Å². The molecule has 0 spiro atoms. The molecule has 0 unspecified atom stereocenters. The van der Waals surface area contributed by atoms with Crippen molar-refractivity contribution in [1.82, 2.24) is 29.5 Å². The van der Waals surface area contributed by atoms with E-state index in [2.05, 4.69) is 31.1 Å². The highest BCUT2D eigenvalue weighted by Crippen LogP contribution is 2.32. The molecule has 154 valence electrons. The first-order valence-corrected chi connectivity index (χ1v) is 9.77. The fourth-order valence-electron chi connectivity index (χ4n) is 3.49. The third kappa shape index (κ3) is 3.46. The molecule has 4 heterocycles. The van der Waals surface area contributed by atoms with E-state index in [0.29, 0.717) is 46.0 Å². The lowest BCUT2D eigenvalue weighted by Gasteiger charge is -2.12. The maximum absolute atomic E-state index is 11.6. The van der Waals surface area contributed by atoms with E-state index in [-0.39, 0.29) is 11.4 Å². The van der Waals surface area contributed by atoms with Crippen LogP contribution in [0.1, 0.15) is 17.1 Å². The number of nitrogens with zero attached hydrogens (tertiary/aromatic N) is 6. The van der Waals surface area contributed by atoms with Gasteiger partial charge in [0.2, 0.25) is 5.56 Å². The van der Waals surface area contributed by atoms with E-state index in [0.717, 1.165) is 5.69 Å². The molecule has 5 rings (SSSR count). The van der Waals surface area contributed by atoms with Crippen LogP contribution in [0.4, 0.5) is 5.82 Å². The molecule has 9 heteroatoms. The number of benzene rings is 1. The first kappa shape index (κ1) is 19.1. The van der Waals surface area contributed by atoms with Crippen LogP contribution in [-0.4, -0.2) is 29.5 Å². The molecule has 0 fully saturated rings. The van der Waals surface area contributed by atoms with Crippen molar-refractivity contribution in [3.05, 3.63) is 94.4 Å². The van der Waals surface area contributed by atoms with E-state index in [9.17, 15) is 10.1 Å². The molecule has 0 saturated carbocycles. The number of aromatic nitrogens is 6. The fourth-order valence-corrected chi connectivity index (χ4v) is 3.49. The molecule has 0 aliphatic rings. The normalized spacial score (nSPS) is 10.8. The van der Waals surface area contributed by atoms with E-state index >= 15 is 0 Å². The zero-order valence-corrected chi connectivity index (χ0v) is 16.7. The van der Waals surface area contributed by atoms with Crippen molar-refractivity contribution in [3.63, 3.8) is 0 Å². The summed E-state index contributed by atoms with van der Waals surface area (Å²) in [6.07, 6.45) is 3.73. The lowest BCUT2D eigenvalue weighted by atomic mass is 10.0. The van der Waals surface area contributed by atoms with Crippen LogP contribution < -0.4 is 11.3 Å². The van der Waals surface area contributed by atoms with Gasteiger partial charge in [0.1, 0.15) is 5.69 Å². The maximum Gasteiger partial charge on any atom is 0.247 e. The molecule has 0 bridgehead atoms.